The van der Waals surface area contributed by atoms with Crippen molar-refractivity contribution in [2.24, 2.45) is 0 Å². The number of hydrogen-bond donors (Lipinski definition) is 1. The Hall–Kier alpha value is -3.07. The Morgan fingerprint density at radius 2 is 1.82 bits per heavy atom. The third kappa shape index (κ3) is 4.68. The number of rotatable bonds is 5. The van der Waals surface area contributed by atoms with Gasteiger partial charge in [-0.1, -0.05) is 24.3 Å². The van der Waals surface area contributed by atoms with Crippen LogP contribution in [0.4, 0.5) is 5.69 Å². The Kier molecular flexibility index (Phi) is 6.22. The molecule has 2 amide bonds. The van der Waals surface area contributed by atoms with Crippen molar-refractivity contribution < 1.29 is 9.59 Å². The molecule has 6 nitrogen and oxygen atoms in total. The number of amides is 2. The van der Waals surface area contributed by atoms with E-state index in [1.807, 2.05) is 34.5 Å². The number of anilines is 1. The van der Waals surface area contributed by atoms with Crippen LogP contribution in [0.15, 0.2) is 66.0 Å². The number of carbonyl (C=O) groups excluding carboxylic acids is 2. The van der Waals surface area contributed by atoms with E-state index in [0.717, 1.165) is 23.6 Å². The van der Waals surface area contributed by atoms with Crippen LogP contribution < -0.4 is 5.32 Å². The van der Waals surface area contributed by atoms with E-state index < -0.39 is 0 Å². The second-order valence-corrected chi connectivity index (χ2v) is 10.0. The van der Waals surface area contributed by atoms with E-state index in [1.165, 1.54) is 16.0 Å². The number of nitrogens with zero attached hydrogens (tertiary/aromatic N) is 3. The van der Waals surface area contributed by atoms with E-state index in [1.54, 1.807) is 35.6 Å². The molecule has 1 N–H and O–H groups in total. The van der Waals surface area contributed by atoms with Gasteiger partial charge in [-0.05, 0) is 48.7 Å². The first-order valence-corrected chi connectivity index (χ1v) is 12.6. The number of para-hydroxylation sites is 1. The van der Waals surface area contributed by atoms with Gasteiger partial charge in [-0.25, -0.2) is 4.98 Å². The molecule has 2 aromatic carbocycles. The third-order valence-corrected chi connectivity index (χ3v) is 8.00. The lowest BCUT2D eigenvalue weighted by molar-refractivity contribution is 0.0582. The van der Waals surface area contributed by atoms with Gasteiger partial charge >= 0.3 is 0 Å². The number of thiazole rings is 1. The second-order valence-electron chi connectivity index (χ2n) is 8.04. The Morgan fingerprint density at radius 1 is 1.00 bits per heavy atom. The van der Waals surface area contributed by atoms with Crippen LogP contribution >= 0.6 is 22.7 Å². The number of carbonyl (C=O) groups is 2. The van der Waals surface area contributed by atoms with Crippen LogP contribution in [-0.4, -0.2) is 52.8 Å². The quantitative estimate of drug-likeness (QED) is 0.434. The molecule has 1 unspecified atom stereocenters. The standard InChI is InChI=1S/C25H24N4O2S2/c1-17(24-27-20-8-2-3-9-21(20)33-24)28-11-13-29(14-12-28)25(31)18-6-4-7-19(16-18)26-23(30)22-10-5-15-32-22/h2-10,15-17H,11-14H2,1H3,(H,26,30). The molecule has 168 valence electrons. The molecular weight excluding hydrogens is 452 g/mol. The van der Waals surface area contributed by atoms with Gasteiger partial charge in [-0.3, -0.25) is 14.5 Å². The summed E-state index contributed by atoms with van der Waals surface area (Å²) in [6.07, 6.45) is 0. The number of fused-ring (bicyclic) bond motifs is 1. The van der Waals surface area contributed by atoms with Gasteiger partial charge in [-0.2, -0.15) is 0 Å². The SMILES string of the molecule is CC(c1nc2ccccc2s1)N1CCN(C(=O)c2cccc(NC(=O)c3cccs3)c2)CC1. The highest BCUT2D eigenvalue weighted by atomic mass is 32.1. The molecular formula is C25H24N4O2S2. The molecule has 1 aliphatic rings. The lowest BCUT2D eigenvalue weighted by Crippen LogP contribution is -2.49. The van der Waals surface area contributed by atoms with Gasteiger partial charge in [0.2, 0.25) is 0 Å². The maximum atomic E-state index is 13.1. The van der Waals surface area contributed by atoms with Gasteiger partial charge in [0.15, 0.2) is 0 Å². The highest BCUT2D eigenvalue weighted by Crippen LogP contribution is 2.30. The van der Waals surface area contributed by atoms with Crippen molar-refractivity contribution in [1.82, 2.24) is 14.8 Å². The highest BCUT2D eigenvalue weighted by molar-refractivity contribution is 7.18. The van der Waals surface area contributed by atoms with Crippen molar-refractivity contribution in [2.75, 3.05) is 31.5 Å². The van der Waals surface area contributed by atoms with Crippen LogP contribution in [0.1, 0.15) is 38.0 Å². The van der Waals surface area contributed by atoms with E-state index in [-0.39, 0.29) is 17.9 Å². The summed E-state index contributed by atoms with van der Waals surface area (Å²) in [6.45, 7) is 5.13. The molecule has 1 fully saturated rings. The van der Waals surface area contributed by atoms with E-state index in [9.17, 15) is 9.59 Å². The molecule has 1 saturated heterocycles. The first kappa shape index (κ1) is 21.8. The second kappa shape index (κ2) is 9.43. The van der Waals surface area contributed by atoms with Gasteiger partial charge in [-0.15, -0.1) is 22.7 Å². The van der Waals surface area contributed by atoms with Crippen molar-refractivity contribution in [2.45, 2.75) is 13.0 Å². The van der Waals surface area contributed by atoms with Crippen LogP contribution in [-0.2, 0) is 0 Å². The van der Waals surface area contributed by atoms with Gasteiger partial charge in [0, 0.05) is 37.4 Å². The van der Waals surface area contributed by atoms with Gasteiger partial charge in [0.05, 0.1) is 21.1 Å². The molecule has 5 rings (SSSR count). The summed E-state index contributed by atoms with van der Waals surface area (Å²) in [6, 6.07) is 19.2. The number of aromatic nitrogens is 1. The molecule has 8 heteroatoms. The summed E-state index contributed by atoms with van der Waals surface area (Å²) in [5.74, 6) is -0.165. The Morgan fingerprint density at radius 3 is 2.58 bits per heavy atom. The summed E-state index contributed by atoms with van der Waals surface area (Å²) in [5, 5.41) is 5.86. The first-order chi connectivity index (χ1) is 16.1. The summed E-state index contributed by atoms with van der Waals surface area (Å²) in [7, 11) is 0. The van der Waals surface area contributed by atoms with E-state index >= 15 is 0 Å². The Balaban J connectivity index is 1.21. The number of benzene rings is 2. The van der Waals surface area contributed by atoms with Crippen LogP contribution in [0.3, 0.4) is 0 Å². The van der Waals surface area contributed by atoms with Gasteiger partial charge < -0.3 is 10.2 Å². The molecule has 0 bridgehead atoms. The van der Waals surface area contributed by atoms with Crippen molar-refractivity contribution in [3.63, 3.8) is 0 Å². The predicted molar refractivity (Wildman–Crippen MR) is 134 cm³/mol. The average Bonchev–Trinajstić information content (AvgIpc) is 3.54. The van der Waals surface area contributed by atoms with Crippen molar-refractivity contribution in [1.29, 1.82) is 0 Å². The van der Waals surface area contributed by atoms with Crippen LogP contribution in [0, 0.1) is 0 Å². The molecule has 0 spiro atoms. The van der Waals surface area contributed by atoms with Gasteiger partial charge in [0.25, 0.3) is 11.8 Å². The topological polar surface area (TPSA) is 65.5 Å². The fraction of sp³-hybridized carbons (Fsp3) is 0.240. The van der Waals surface area contributed by atoms with Crippen LogP contribution in [0.5, 0.6) is 0 Å². The zero-order valence-electron chi connectivity index (χ0n) is 18.2. The molecule has 0 aliphatic carbocycles. The van der Waals surface area contributed by atoms with Crippen molar-refractivity contribution in [3.05, 3.63) is 81.5 Å². The summed E-state index contributed by atoms with van der Waals surface area (Å²) in [4.78, 5) is 35.2. The van der Waals surface area contributed by atoms with E-state index in [4.69, 9.17) is 4.98 Å². The summed E-state index contributed by atoms with van der Waals surface area (Å²) >= 11 is 3.13. The average molecular weight is 477 g/mol. The fourth-order valence-corrected chi connectivity index (χ4v) is 5.72. The Bertz CT molecular complexity index is 1240. The molecule has 0 saturated carbocycles. The summed E-state index contributed by atoms with van der Waals surface area (Å²) in [5.41, 5.74) is 2.26. The minimum absolute atomic E-state index is 0.00508. The van der Waals surface area contributed by atoms with E-state index in [0.29, 0.717) is 29.2 Å². The molecule has 1 aliphatic heterocycles. The highest BCUT2D eigenvalue weighted by Gasteiger charge is 2.27. The zero-order valence-corrected chi connectivity index (χ0v) is 19.9. The van der Waals surface area contributed by atoms with Crippen molar-refractivity contribution in [3.8, 4) is 0 Å². The molecule has 33 heavy (non-hydrogen) atoms. The van der Waals surface area contributed by atoms with E-state index in [2.05, 4.69) is 29.3 Å². The first-order valence-electron chi connectivity index (χ1n) is 10.9. The largest absolute Gasteiger partial charge is 0.336 e. The third-order valence-electron chi connectivity index (χ3n) is 5.93. The van der Waals surface area contributed by atoms with Gasteiger partial charge in [0.1, 0.15) is 5.01 Å². The molecule has 1 atom stereocenters. The monoisotopic (exact) mass is 476 g/mol. The zero-order chi connectivity index (χ0) is 22.8. The molecule has 3 heterocycles. The smallest absolute Gasteiger partial charge is 0.265 e. The maximum absolute atomic E-state index is 13.1. The predicted octanol–water partition coefficient (Wildman–Crippen LogP) is 5.13. The molecule has 0 radical (unpaired) electrons. The summed E-state index contributed by atoms with van der Waals surface area (Å²) < 4.78 is 1.21. The van der Waals surface area contributed by atoms with Crippen molar-refractivity contribution >= 4 is 50.4 Å². The molecule has 4 aromatic rings. The normalized spacial score (nSPS) is 15.5. The minimum Gasteiger partial charge on any atom is -0.336 e. The number of nitrogens with one attached hydrogen (secondary N) is 1. The number of piperazine rings is 1. The maximum Gasteiger partial charge on any atom is 0.265 e. The number of hydrogen-bond acceptors (Lipinski definition) is 6. The van der Waals surface area contributed by atoms with Crippen LogP contribution in [0.2, 0.25) is 0 Å². The van der Waals surface area contributed by atoms with Crippen LogP contribution in [0.25, 0.3) is 10.2 Å². The molecule has 2 aromatic heterocycles. The number of thiophene rings is 1. The lowest BCUT2D eigenvalue weighted by atomic mass is 10.1. The lowest BCUT2D eigenvalue weighted by Gasteiger charge is -2.37. The fourth-order valence-electron chi connectivity index (χ4n) is 4.05. The minimum atomic E-state index is -0.160. The Labute approximate surface area is 200 Å².